The Kier molecular flexibility index (Phi) is 5.15. The van der Waals surface area contributed by atoms with Crippen LogP contribution in [0.25, 0.3) is 5.57 Å². The van der Waals surface area contributed by atoms with E-state index in [9.17, 15) is 0 Å². The maximum atomic E-state index is 9.12. The van der Waals surface area contributed by atoms with E-state index < -0.39 is 0 Å². The molecule has 1 N–H and O–H groups in total. The normalized spacial score (nSPS) is 11.8. The van der Waals surface area contributed by atoms with Crippen LogP contribution in [0.5, 0.6) is 11.6 Å². The molecule has 0 amide bonds. The molecule has 0 fully saturated rings. The van der Waals surface area contributed by atoms with Gasteiger partial charge in [-0.2, -0.15) is 15.5 Å². The van der Waals surface area contributed by atoms with Crippen LogP contribution in [0.15, 0.2) is 48.7 Å². The maximum Gasteiger partial charge on any atom is 0.230 e. The summed E-state index contributed by atoms with van der Waals surface area (Å²) in [6, 6.07) is 15.2. The molecule has 0 spiro atoms. The molecule has 0 aliphatic heterocycles. The molecular formula is C24H19N5O. The van der Waals surface area contributed by atoms with Gasteiger partial charge in [0, 0.05) is 18.0 Å². The Hall–Kier alpha value is -4.16. The highest BCUT2D eigenvalue weighted by atomic mass is 16.5. The van der Waals surface area contributed by atoms with Gasteiger partial charge in [-0.3, -0.25) is 0 Å². The number of aryl methyl sites for hydroxylation is 1. The predicted molar refractivity (Wildman–Crippen MR) is 114 cm³/mol. The molecule has 4 rings (SSSR count). The number of nitriles is 2. The highest BCUT2D eigenvalue weighted by molar-refractivity contribution is 5.79. The summed E-state index contributed by atoms with van der Waals surface area (Å²) in [5.74, 6) is 1.58. The van der Waals surface area contributed by atoms with Crippen LogP contribution in [-0.4, -0.2) is 9.97 Å². The number of rotatable bonds is 5. The summed E-state index contributed by atoms with van der Waals surface area (Å²) in [7, 11) is 0. The molecule has 0 radical (unpaired) electrons. The summed E-state index contributed by atoms with van der Waals surface area (Å²) < 4.78 is 6.16. The Labute approximate surface area is 175 Å². The molecule has 6 heteroatoms. The molecule has 30 heavy (non-hydrogen) atoms. The number of ether oxygens (including phenoxy) is 1. The number of nitrogens with zero attached hydrogens (tertiary/aromatic N) is 4. The number of aromatic nitrogens is 2. The molecular weight excluding hydrogens is 374 g/mol. The van der Waals surface area contributed by atoms with Crippen molar-refractivity contribution in [3.63, 3.8) is 0 Å². The molecule has 0 saturated heterocycles. The first-order valence-electron chi connectivity index (χ1n) is 9.56. The van der Waals surface area contributed by atoms with Crippen molar-refractivity contribution in [2.75, 3.05) is 5.32 Å². The van der Waals surface area contributed by atoms with Gasteiger partial charge in [-0.1, -0.05) is 12.1 Å². The molecule has 6 nitrogen and oxygen atoms in total. The third-order valence-corrected chi connectivity index (χ3v) is 5.05. The van der Waals surface area contributed by atoms with Crippen LogP contribution < -0.4 is 10.1 Å². The predicted octanol–water partition coefficient (Wildman–Crippen LogP) is 5.35. The minimum Gasteiger partial charge on any atom is -0.438 e. The minimum absolute atomic E-state index is 0.391. The van der Waals surface area contributed by atoms with Crippen molar-refractivity contribution >= 4 is 17.2 Å². The highest BCUT2D eigenvalue weighted by Crippen LogP contribution is 2.40. The van der Waals surface area contributed by atoms with Crippen molar-refractivity contribution in [2.45, 2.75) is 26.7 Å². The summed E-state index contributed by atoms with van der Waals surface area (Å²) in [5, 5.41) is 21.2. The van der Waals surface area contributed by atoms with Gasteiger partial charge in [0.25, 0.3) is 0 Å². The monoisotopic (exact) mass is 393 g/mol. The Morgan fingerprint density at radius 2 is 1.93 bits per heavy atom. The van der Waals surface area contributed by atoms with Crippen molar-refractivity contribution in [1.29, 1.82) is 10.5 Å². The third-order valence-electron chi connectivity index (χ3n) is 5.05. The van der Waals surface area contributed by atoms with Crippen LogP contribution in [0.2, 0.25) is 0 Å². The quantitative estimate of drug-likeness (QED) is 0.627. The zero-order valence-electron chi connectivity index (χ0n) is 16.7. The van der Waals surface area contributed by atoms with Gasteiger partial charge < -0.3 is 10.1 Å². The molecule has 1 aliphatic rings. The summed E-state index contributed by atoms with van der Waals surface area (Å²) >= 11 is 0. The number of anilines is 2. The molecule has 1 aliphatic carbocycles. The number of benzene rings is 2. The molecule has 3 aromatic rings. The first kappa shape index (κ1) is 19.2. The van der Waals surface area contributed by atoms with Crippen LogP contribution in [0.4, 0.5) is 11.6 Å². The van der Waals surface area contributed by atoms with Gasteiger partial charge in [0.2, 0.25) is 11.8 Å². The molecule has 2 aromatic carbocycles. The van der Waals surface area contributed by atoms with E-state index in [4.69, 9.17) is 15.3 Å². The molecule has 0 bridgehead atoms. The maximum absolute atomic E-state index is 9.12. The van der Waals surface area contributed by atoms with E-state index in [0.717, 1.165) is 40.1 Å². The standard InChI is InChI=1S/C24H19N5O/c1-15-13-19-6-5-18(9-11-25)22(19)16(2)23(15)30-21-10-12-27-24(29-21)28-20-7-3-17(14-26)4-8-20/h3-5,7-8,10,12-13H,6,9H2,1-2H3,(H,27,28,29). The van der Waals surface area contributed by atoms with Crippen molar-refractivity contribution in [1.82, 2.24) is 9.97 Å². The zero-order valence-corrected chi connectivity index (χ0v) is 16.7. The van der Waals surface area contributed by atoms with Gasteiger partial charge in [0.05, 0.1) is 24.1 Å². The van der Waals surface area contributed by atoms with Gasteiger partial charge in [0.1, 0.15) is 5.75 Å². The largest absolute Gasteiger partial charge is 0.438 e. The average Bonchev–Trinajstić information content (AvgIpc) is 3.15. The van der Waals surface area contributed by atoms with Crippen molar-refractivity contribution < 1.29 is 4.74 Å². The third kappa shape index (κ3) is 3.72. The highest BCUT2D eigenvalue weighted by Gasteiger charge is 2.21. The van der Waals surface area contributed by atoms with Crippen molar-refractivity contribution in [3.05, 3.63) is 76.5 Å². The minimum atomic E-state index is 0.391. The van der Waals surface area contributed by atoms with E-state index in [-0.39, 0.29) is 0 Å². The fraction of sp³-hybridized carbons (Fsp3) is 0.167. The van der Waals surface area contributed by atoms with Gasteiger partial charge >= 0.3 is 0 Å². The van der Waals surface area contributed by atoms with Gasteiger partial charge in [0.15, 0.2) is 0 Å². The van der Waals surface area contributed by atoms with Crippen LogP contribution >= 0.6 is 0 Å². The molecule has 0 unspecified atom stereocenters. The van der Waals surface area contributed by atoms with E-state index >= 15 is 0 Å². The average molecular weight is 393 g/mol. The fourth-order valence-electron chi connectivity index (χ4n) is 3.72. The number of fused-ring (bicyclic) bond motifs is 1. The van der Waals surface area contributed by atoms with Crippen LogP contribution in [0, 0.1) is 36.5 Å². The smallest absolute Gasteiger partial charge is 0.230 e. The van der Waals surface area contributed by atoms with Crippen LogP contribution in [-0.2, 0) is 6.42 Å². The summed E-state index contributed by atoms with van der Waals surface area (Å²) in [6.45, 7) is 4.04. The topological polar surface area (TPSA) is 94.6 Å². The van der Waals surface area contributed by atoms with Crippen LogP contribution in [0.1, 0.15) is 34.2 Å². The van der Waals surface area contributed by atoms with Crippen LogP contribution in [0.3, 0.4) is 0 Å². The second-order valence-corrected chi connectivity index (χ2v) is 7.08. The van der Waals surface area contributed by atoms with E-state index in [0.29, 0.717) is 23.8 Å². The van der Waals surface area contributed by atoms with Crippen molar-refractivity contribution in [3.8, 4) is 23.8 Å². The molecule has 0 atom stereocenters. The molecule has 146 valence electrons. The number of nitrogens with one attached hydrogen (secondary N) is 1. The lowest BCUT2D eigenvalue weighted by atomic mass is 9.95. The van der Waals surface area contributed by atoms with E-state index in [1.165, 1.54) is 5.56 Å². The second kappa shape index (κ2) is 8.06. The molecule has 0 saturated carbocycles. The zero-order chi connectivity index (χ0) is 21.1. The number of allylic oxidation sites excluding steroid dienone is 2. The Bertz CT molecular complexity index is 1230. The van der Waals surface area contributed by atoms with E-state index in [1.807, 2.05) is 13.8 Å². The first-order valence-corrected chi connectivity index (χ1v) is 9.56. The van der Waals surface area contributed by atoms with E-state index in [2.05, 4.69) is 39.6 Å². The fourth-order valence-corrected chi connectivity index (χ4v) is 3.72. The summed E-state index contributed by atoms with van der Waals surface area (Å²) in [6.07, 6.45) is 4.99. The number of hydrogen-bond acceptors (Lipinski definition) is 6. The first-order chi connectivity index (χ1) is 14.6. The lowest BCUT2D eigenvalue weighted by Gasteiger charge is -2.16. The Morgan fingerprint density at radius 3 is 2.67 bits per heavy atom. The van der Waals surface area contributed by atoms with Crippen molar-refractivity contribution in [2.24, 2.45) is 0 Å². The SMILES string of the molecule is Cc1cc2c(c(C)c1Oc1ccnc(Nc3ccc(C#N)cc3)n1)C(CC#N)=CC2. The molecule has 1 aromatic heterocycles. The van der Waals surface area contributed by atoms with Gasteiger partial charge in [-0.05, 0) is 72.4 Å². The number of hydrogen-bond donors (Lipinski definition) is 1. The lowest BCUT2D eigenvalue weighted by Crippen LogP contribution is -2.01. The molecule has 1 heterocycles. The van der Waals surface area contributed by atoms with Gasteiger partial charge in [-0.25, -0.2) is 4.98 Å². The van der Waals surface area contributed by atoms with E-state index in [1.54, 1.807) is 36.5 Å². The Morgan fingerprint density at radius 1 is 1.13 bits per heavy atom. The second-order valence-electron chi connectivity index (χ2n) is 7.08. The lowest BCUT2D eigenvalue weighted by molar-refractivity contribution is 0.455. The Balaban J connectivity index is 1.60. The van der Waals surface area contributed by atoms with Gasteiger partial charge in [-0.15, -0.1) is 0 Å². The summed E-state index contributed by atoms with van der Waals surface area (Å²) in [5.41, 5.74) is 6.81. The summed E-state index contributed by atoms with van der Waals surface area (Å²) in [4.78, 5) is 8.71.